The molecule has 0 aromatic heterocycles. The Bertz CT molecular complexity index is 1150. The summed E-state index contributed by atoms with van der Waals surface area (Å²) in [4.78, 5) is 37.0. The standard InChI is InChI=1S/C24H24ClN5O5/c1-35-22-13-11-20(12-14-22)29(24(32)28-19-7-9-21(10-8-19)30(33)34)16-2-15-26-23(31)27-18-5-3-17(25)4-6-18/h3-14H,2,15-16H2,1H3,(H,28,32)(H2,26,27,31). The maximum atomic E-state index is 13.0. The van der Waals surface area contributed by atoms with Crippen molar-refractivity contribution < 1.29 is 19.2 Å². The summed E-state index contributed by atoms with van der Waals surface area (Å²) in [6.07, 6.45) is 0.466. The van der Waals surface area contributed by atoms with Crippen LogP contribution in [0.5, 0.6) is 5.75 Å². The zero-order chi connectivity index (χ0) is 25.2. The number of hydrogen-bond donors (Lipinski definition) is 3. The van der Waals surface area contributed by atoms with Crippen LogP contribution < -0.4 is 25.6 Å². The van der Waals surface area contributed by atoms with Crippen LogP contribution in [-0.2, 0) is 0 Å². The van der Waals surface area contributed by atoms with Crippen LogP contribution in [0.2, 0.25) is 5.02 Å². The van der Waals surface area contributed by atoms with Crippen LogP contribution in [0.4, 0.5) is 32.3 Å². The number of nitrogens with zero attached hydrogens (tertiary/aromatic N) is 2. The molecule has 0 unspecified atom stereocenters. The summed E-state index contributed by atoms with van der Waals surface area (Å²) < 4.78 is 5.18. The van der Waals surface area contributed by atoms with Gasteiger partial charge in [0, 0.05) is 47.3 Å². The molecule has 0 fully saturated rings. The largest absolute Gasteiger partial charge is 0.497 e. The van der Waals surface area contributed by atoms with Crippen molar-refractivity contribution in [2.24, 2.45) is 0 Å². The van der Waals surface area contributed by atoms with E-state index in [1.54, 1.807) is 55.6 Å². The average molecular weight is 498 g/mol. The van der Waals surface area contributed by atoms with Crippen LogP contribution >= 0.6 is 11.6 Å². The Balaban J connectivity index is 1.60. The van der Waals surface area contributed by atoms with E-state index >= 15 is 0 Å². The van der Waals surface area contributed by atoms with E-state index in [-0.39, 0.29) is 11.7 Å². The number of halogens is 1. The van der Waals surface area contributed by atoms with Gasteiger partial charge in [0.15, 0.2) is 0 Å². The van der Waals surface area contributed by atoms with Crippen molar-refractivity contribution in [3.05, 3.63) is 87.9 Å². The third-order valence-electron chi connectivity index (χ3n) is 4.90. The second-order valence-corrected chi connectivity index (χ2v) is 7.76. The summed E-state index contributed by atoms with van der Waals surface area (Å²) in [5.74, 6) is 0.644. The van der Waals surface area contributed by atoms with E-state index in [0.29, 0.717) is 47.3 Å². The number of ether oxygens (including phenoxy) is 1. The number of carbonyl (C=O) groups excluding carboxylic acids is 2. The quantitative estimate of drug-likeness (QED) is 0.204. The first kappa shape index (κ1) is 25.3. The fourth-order valence-electron chi connectivity index (χ4n) is 3.12. The molecule has 4 amide bonds. The van der Waals surface area contributed by atoms with E-state index in [2.05, 4.69) is 16.0 Å². The third kappa shape index (κ3) is 7.61. The first-order chi connectivity index (χ1) is 16.9. The lowest BCUT2D eigenvalue weighted by atomic mass is 10.2. The minimum Gasteiger partial charge on any atom is -0.497 e. The molecule has 3 N–H and O–H groups in total. The molecule has 3 aromatic carbocycles. The molecule has 0 saturated heterocycles. The van der Waals surface area contributed by atoms with Crippen molar-refractivity contribution in [3.8, 4) is 5.75 Å². The van der Waals surface area contributed by atoms with Crippen molar-refractivity contribution >= 4 is 46.4 Å². The number of rotatable bonds is 9. The van der Waals surface area contributed by atoms with E-state index < -0.39 is 11.0 Å². The Kier molecular flexibility index (Phi) is 8.85. The van der Waals surface area contributed by atoms with E-state index in [1.165, 1.54) is 29.2 Å². The van der Waals surface area contributed by atoms with Gasteiger partial charge in [0.1, 0.15) is 5.75 Å². The van der Waals surface area contributed by atoms with Gasteiger partial charge in [0.05, 0.1) is 12.0 Å². The van der Waals surface area contributed by atoms with Crippen LogP contribution in [0.3, 0.4) is 0 Å². The van der Waals surface area contributed by atoms with Gasteiger partial charge in [-0.2, -0.15) is 0 Å². The fraction of sp³-hybridized carbons (Fsp3) is 0.167. The molecule has 0 heterocycles. The number of methoxy groups -OCH3 is 1. The number of nitrogens with one attached hydrogen (secondary N) is 3. The van der Waals surface area contributed by atoms with Gasteiger partial charge < -0.3 is 20.7 Å². The normalized spacial score (nSPS) is 10.2. The zero-order valence-corrected chi connectivity index (χ0v) is 19.6. The van der Waals surface area contributed by atoms with Gasteiger partial charge in [-0.05, 0) is 67.1 Å². The molecule has 3 rings (SSSR count). The molecule has 0 aliphatic rings. The van der Waals surface area contributed by atoms with Crippen molar-refractivity contribution in [1.82, 2.24) is 5.32 Å². The zero-order valence-electron chi connectivity index (χ0n) is 18.9. The molecule has 11 heteroatoms. The summed E-state index contributed by atoms with van der Waals surface area (Å²) >= 11 is 5.84. The summed E-state index contributed by atoms with van der Waals surface area (Å²) in [5, 5.41) is 19.6. The lowest BCUT2D eigenvalue weighted by Crippen LogP contribution is -2.38. The number of carbonyl (C=O) groups is 2. The maximum Gasteiger partial charge on any atom is 0.326 e. The van der Waals surface area contributed by atoms with Gasteiger partial charge in [-0.1, -0.05) is 11.6 Å². The van der Waals surface area contributed by atoms with Crippen LogP contribution in [0.25, 0.3) is 0 Å². The SMILES string of the molecule is COc1ccc(N(CCCNC(=O)Nc2ccc(Cl)cc2)C(=O)Nc2ccc([N+](=O)[O-])cc2)cc1. The second kappa shape index (κ2) is 12.2. The highest BCUT2D eigenvalue weighted by Crippen LogP contribution is 2.22. The van der Waals surface area contributed by atoms with Crippen molar-refractivity contribution in [2.45, 2.75) is 6.42 Å². The Morgan fingerprint density at radius 3 is 2.14 bits per heavy atom. The van der Waals surface area contributed by atoms with Crippen molar-refractivity contribution in [2.75, 3.05) is 35.7 Å². The number of hydrogen-bond acceptors (Lipinski definition) is 5. The topological polar surface area (TPSA) is 126 Å². The number of nitro benzene ring substituents is 1. The number of non-ortho nitro benzene ring substituents is 1. The van der Waals surface area contributed by atoms with Crippen molar-refractivity contribution in [3.63, 3.8) is 0 Å². The molecule has 0 atom stereocenters. The van der Waals surface area contributed by atoms with E-state index in [0.717, 1.165) is 0 Å². The molecule has 0 spiro atoms. The minimum absolute atomic E-state index is 0.0713. The highest BCUT2D eigenvalue weighted by molar-refractivity contribution is 6.30. The van der Waals surface area contributed by atoms with Crippen molar-refractivity contribution in [1.29, 1.82) is 0 Å². The fourth-order valence-corrected chi connectivity index (χ4v) is 3.24. The van der Waals surface area contributed by atoms with E-state index in [4.69, 9.17) is 16.3 Å². The number of benzene rings is 3. The smallest absolute Gasteiger partial charge is 0.326 e. The first-order valence-corrected chi connectivity index (χ1v) is 11.0. The Morgan fingerprint density at radius 2 is 1.54 bits per heavy atom. The monoisotopic (exact) mass is 497 g/mol. The molecule has 0 aliphatic heterocycles. The van der Waals surface area contributed by atoms with Gasteiger partial charge in [-0.3, -0.25) is 15.0 Å². The first-order valence-electron chi connectivity index (χ1n) is 10.6. The lowest BCUT2D eigenvalue weighted by Gasteiger charge is -2.23. The molecule has 10 nitrogen and oxygen atoms in total. The maximum absolute atomic E-state index is 13.0. The summed E-state index contributed by atoms with van der Waals surface area (Å²) in [6, 6.07) is 18.5. The summed E-state index contributed by atoms with van der Waals surface area (Å²) in [6.45, 7) is 0.614. The molecule has 182 valence electrons. The van der Waals surface area contributed by atoms with Crippen LogP contribution in [0, 0.1) is 10.1 Å². The molecule has 0 bridgehead atoms. The highest BCUT2D eigenvalue weighted by Gasteiger charge is 2.17. The lowest BCUT2D eigenvalue weighted by molar-refractivity contribution is -0.384. The summed E-state index contributed by atoms with van der Waals surface area (Å²) in [5.41, 5.74) is 1.57. The Morgan fingerprint density at radius 1 is 0.943 bits per heavy atom. The molecule has 35 heavy (non-hydrogen) atoms. The molecule has 0 saturated carbocycles. The second-order valence-electron chi connectivity index (χ2n) is 7.33. The number of urea groups is 2. The van der Waals surface area contributed by atoms with Gasteiger partial charge in [0.2, 0.25) is 0 Å². The third-order valence-corrected chi connectivity index (χ3v) is 5.16. The molecule has 3 aromatic rings. The molecular formula is C24H24ClN5O5. The average Bonchev–Trinajstić information content (AvgIpc) is 2.86. The number of nitro groups is 1. The highest BCUT2D eigenvalue weighted by atomic mass is 35.5. The van der Waals surface area contributed by atoms with E-state index in [9.17, 15) is 19.7 Å². The van der Waals surface area contributed by atoms with Crippen LogP contribution in [-0.4, -0.2) is 37.2 Å². The number of amides is 4. The van der Waals surface area contributed by atoms with Gasteiger partial charge >= 0.3 is 12.1 Å². The van der Waals surface area contributed by atoms with Gasteiger partial charge in [0.25, 0.3) is 5.69 Å². The molecule has 0 aliphatic carbocycles. The minimum atomic E-state index is -0.509. The molecule has 0 radical (unpaired) electrons. The summed E-state index contributed by atoms with van der Waals surface area (Å²) in [7, 11) is 1.55. The van der Waals surface area contributed by atoms with Crippen LogP contribution in [0.15, 0.2) is 72.8 Å². The van der Waals surface area contributed by atoms with Gasteiger partial charge in [-0.25, -0.2) is 9.59 Å². The predicted octanol–water partition coefficient (Wildman–Crippen LogP) is 5.51. The Hall–Kier alpha value is -4.31. The molecular weight excluding hydrogens is 474 g/mol. The van der Waals surface area contributed by atoms with Gasteiger partial charge in [-0.15, -0.1) is 0 Å². The number of anilines is 3. The Labute approximate surface area is 207 Å². The van der Waals surface area contributed by atoms with Crippen LogP contribution in [0.1, 0.15) is 6.42 Å². The predicted molar refractivity (Wildman–Crippen MR) is 136 cm³/mol. The van der Waals surface area contributed by atoms with E-state index in [1.807, 2.05) is 0 Å².